The van der Waals surface area contributed by atoms with Gasteiger partial charge in [-0.25, -0.2) is 9.67 Å². The largest absolute Gasteiger partial charge is 0.344 e. The first kappa shape index (κ1) is 15.9. The molecule has 3 aromatic rings. The van der Waals surface area contributed by atoms with Crippen molar-refractivity contribution in [3.8, 4) is 11.5 Å². The SMILES string of the molecule is CC(=O)NC(C)(C)c1noc(-c2ccccc2Cn2cncn2)n1. The highest BCUT2D eigenvalue weighted by atomic mass is 16.5. The van der Waals surface area contributed by atoms with Crippen molar-refractivity contribution in [1.29, 1.82) is 0 Å². The van der Waals surface area contributed by atoms with Gasteiger partial charge in [0.15, 0.2) is 5.82 Å². The van der Waals surface area contributed by atoms with Crippen molar-refractivity contribution in [1.82, 2.24) is 30.2 Å². The second-order valence-electron chi connectivity index (χ2n) is 5.98. The summed E-state index contributed by atoms with van der Waals surface area (Å²) in [6.45, 7) is 5.65. The Balaban J connectivity index is 1.92. The molecule has 1 aromatic carbocycles. The van der Waals surface area contributed by atoms with E-state index in [1.54, 1.807) is 11.0 Å². The highest BCUT2D eigenvalue weighted by Gasteiger charge is 2.28. The van der Waals surface area contributed by atoms with E-state index in [0.717, 1.165) is 11.1 Å². The quantitative estimate of drug-likeness (QED) is 0.767. The molecule has 0 spiro atoms. The lowest BCUT2D eigenvalue weighted by Crippen LogP contribution is -2.40. The van der Waals surface area contributed by atoms with Crippen molar-refractivity contribution in [2.75, 3.05) is 0 Å². The average molecular weight is 326 g/mol. The van der Waals surface area contributed by atoms with Crippen LogP contribution in [-0.2, 0) is 16.9 Å². The molecule has 3 rings (SSSR count). The molecule has 0 fully saturated rings. The van der Waals surface area contributed by atoms with Crippen LogP contribution in [0.2, 0.25) is 0 Å². The molecule has 24 heavy (non-hydrogen) atoms. The third kappa shape index (κ3) is 3.32. The summed E-state index contributed by atoms with van der Waals surface area (Å²) in [6.07, 6.45) is 3.14. The second-order valence-corrected chi connectivity index (χ2v) is 5.98. The molecule has 8 heteroatoms. The average Bonchev–Trinajstić information content (AvgIpc) is 3.17. The fourth-order valence-corrected chi connectivity index (χ4v) is 2.44. The van der Waals surface area contributed by atoms with Crippen LogP contribution in [0, 0.1) is 0 Å². The molecule has 2 aromatic heterocycles. The number of aromatic nitrogens is 5. The van der Waals surface area contributed by atoms with Crippen LogP contribution in [0.4, 0.5) is 0 Å². The molecule has 0 saturated carbocycles. The van der Waals surface area contributed by atoms with E-state index in [1.807, 2.05) is 38.1 Å². The van der Waals surface area contributed by atoms with Crippen LogP contribution in [-0.4, -0.2) is 30.8 Å². The number of carbonyl (C=O) groups excluding carboxylic acids is 1. The summed E-state index contributed by atoms with van der Waals surface area (Å²) >= 11 is 0. The highest BCUT2D eigenvalue weighted by Crippen LogP contribution is 2.25. The van der Waals surface area contributed by atoms with Gasteiger partial charge in [0.25, 0.3) is 5.89 Å². The minimum absolute atomic E-state index is 0.155. The number of nitrogens with one attached hydrogen (secondary N) is 1. The molecule has 124 valence electrons. The maximum atomic E-state index is 11.3. The molecule has 2 heterocycles. The Morgan fingerprint density at radius 3 is 2.83 bits per heavy atom. The van der Waals surface area contributed by atoms with E-state index in [9.17, 15) is 4.79 Å². The van der Waals surface area contributed by atoms with Crippen LogP contribution in [0.3, 0.4) is 0 Å². The van der Waals surface area contributed by atoms with Gasteiger partial charge in [-0.3, -0.25) is 4.79 Å². The van der Waals surface area contributed by atoms with Gasteiger partial charge in [-0.15, -0.1) is 0 Å². The summed E-state index contributed by atoms with van der Waals surface area (Å²) < 4.78 is 7.14. The predicted octanol–water partition coefficient (Wildman–Crippen LogP) is 1.75. The summed E-state index contributed by atoms with van der Waals surface area (Å²) in [7, 11) is 0. The van der Waals surface area contributed by atoms with Gasteiger partial charge < -0.3 is 9.84 Å². The number of amides is 1. The van der Waals surface area contributed by atoms with E-state index in [2.05, 4.69) is 25.5 Å². The summed E-state index contributed by atoms with van der Waals surface area (Å²) in [6, 6.07) is 7.73. The van der Waals surface area contributed by atoms with E-state index in [4.69, 9.17) is 4.52 Å². The van der Waals surface area contributed by atoms with Crippen molar-refractivity contribution in [2.45, 2.75) is 32.9 Å². The maximum Gasteiger partial charge on any atom is 0.258 e. The van der Waals surface area contributed by atoms with Crippen LogP contribution < -0.4 is 5.32 Å². The zero-order valence-corrected chi connectivity index (χ0v) is 13.7. The standard InChI is InChI=1S/C16H18N6O2/c1-11(23)20-16(2,3)15-19-14(24-21-15)13-7-5-4-6-12(13)8-22-10-17-9-18-22/h4-7,9-10H,8H2,1-3H3,(H,20,23). The molecule has 0 radical (unpaired) electrons. The minimum Gasteiger partial charge on any atom is -0.344 e. The summed E-state index contributed by atoms with van der Waals surface area (Å²) in [5.41, 5.74) is 1.09. The fraction of sp³-hybridized carbons (Fsp3) is 0.312. The van der Waals surface area contributed by atoms with Gasteiger partial charge in [0.1, 0.15) is 12.7 Å². The summed E-state index contributed by atoms with van der Waals surface area (Å²) in [4.78, 5) is 19.7. The number of benzene rings is 1. The lowest BCUT2D eigenvalue weighted by atomic mass is 10.0. The normalized spacial score (nSPS) is 11.5. The minimum atomic E-state index is -0.714. The number of hydrogen-bond acceptors (Lipinski definition) is 6. The van der Waals surface area contributed by atoms with Gasteiger partial charge in [-0.05, 0) is 25.5 Å². The van der Waals surface area contributed by atoms with Crippen molar-refractivity contribution in [3.05, 3.63) is 48.3 Å². The molecule has 0 aliphatic rings. The Morgan fingerprint density at radius 2 is 2.12 bits per heavy atom. The molecule has 0 aliphatic carbocycles. The van der Waals surface area contributed by atoms with Crippen LogP contribution in [0.1, 0.15) is 32.2 Å². The van der Waals surface area contributed by atoms with E-state index >= 15 is 0 Å². The lowest BCUT2D eigenvalue weighted by Gasteiger charge is -2.20. The molecule has 0 saturated heterocycles. The Hall–Kier alpha value is -3.03. The summed E-state index contributed by atoms with van der Waals surface area (Å²) in [5, 5.41) is 10.9. The van der Waals surface area contributed by atoms with E-state index in [-0.39, 0.29) is 5.91 Å². The molecular formula is C16H18N6O2. The number of rotatable bonds is 5. The third-order valence-electron chi connectivity index (χ3n) is 3.52. The van der Waals surface area contributed by atoms with Crippen LogP contribution in [0.5, 0.6) is 0 Å². The molecule has 0 bridgehead atoms. The Labute approximate surface area is 138 Å². The first-order valence-electron chi connectivity index (χ1n) is 7.49. The van der Waals surface area contributed by atoms with Crippen LogP contribution in [0.15, 0.2) is 41.4 Å². The Bertz CT molecular complexity index is 838. The second kappa shape index (κ2) is 6.23. The van der Waals surface area contributed by atoms with Crippen LogP contribution in [0.25, 0.3) is 11.5 Å². The van der Waals surface area contributed by atoms with Gasteiger partial charge in [0, 0.05) is 12.5 Å². The molecule has 1 amide bonds. The molecule has 0 atom stereocenters. The zero-order chi connectivity index (χ0) is 17.2. The highest BCUT2D eigenvalue weighted by molar-refractivity contribution is 5.73. The van der Waals surface area contributed by atoms with Gasteiger partial charge in [0.2, 0.25) is 5.91 Å². The van der Waals surface area contributed by atoms with Crippen molar-refractivity contribution in [2.24, 2.45) is 0 Å². The van der Waals surface area contributed by atoms with Gasteiger partial charge in [-0.1, -0.05) is 23.4 Å². The molecule has 1 N–H and O–H groups in total. The molecule has 0 aliphatic heterocycles. The van der Waals surface area contributed by atoms with E-state index in [1.165, 1.54) is 13.3 Å². The van der Waals surface area contributed by atoms with Crippen molar-refractivity contribution in [3.63, 3.8) is 0 Å². The van der Waals surface area contributed by atoms with Crippen molar-refractivity contribution >= 4 is 5.91 Å². The predicted molar refractivity (Wildman–Crippen MR) is 85.7 cm³/mol. The summed E-state index contributed by atoms with van der Waals surface area (Å²) in [5.74, 6) is 0.667. The monoisotopic (exact) mass is 326 g/mol. The fourth-order valence-electron chi connectivity index (χ4n) is 2.44. The Kier molecular flexibility index (Phi) is 4.11. The van der Waals surface area contributed by atoms with E-state index in [0.29, 0.717) is 18.3 Å². The zero-order valence-electron chi connectivity index (χ0n) is 13.7. The number of hydrogen-bond donors (Lipinski definition) is 1. The molecular weight excluding hydrogens is 308 g/mol. The van der Waals surface area contributed by atoms with Gasteiger partial charge in [-0.2, -0.15) is 10.1 Å². The topological polar surface area (TPSA) is 98.7 Å². The van der Waals surface area contributed by atoms with Crippen LogP contribution >= 0.6 is 0 Å². The maximum absolute atomic E-state index is 11.3. The molecule has 8 nitrogen and oxygen atoms in total. The third-order valence-corrected chi connectivity index (χ3v) is 3.52. The number of nitrogens with zero attached hydrogens (tertiary/aromatic N) is 5. The van der Waals surface area contributed by atoms with Crippen molar-refractivity contribution < 1.29 is 9.32 Å². The smallest absolute Gasteiger partial charge is 0.258 e. The van der Waals surface area contributed by atoms with Gasteiger partial charge in [0.05, 0.1) is 12.1 Å². The first-order valence-corrected chi connectivity index (χ1v) is 7.49. The first-order chi connectivity index (χ1) is 11.5. The van der Waals surface area contributed by atoms with E-state index < -0.39 is 5.54 Å². The number of carbonyl (C=O) groups is 1. The van der Waals surface area contributed by atoms with Gasteiger partial charge >= 0.3 is 0 Å². The lowest BCUT2D eigenvalue weighted by molar-refractivity contribution is -0.120. The Morgan fingerprint density at radius 1 is 1.33 bits per heavy atom. The molecule has 0 unspecified atom stereocenters.